The number of hydrogen-bond acceptors (Lipinski definition) is 4. The van der Waals surface area contributed by atoms with E-state index >= 15 is 0 Å². The van der Waals surface area contributed by atoms with Gasteiger partial charge in [0.05, 0.1) is 12.6 Å². The topological polar surface area (TPSA) is 55.6 Å². The smallest absolute Gasteiger partial charge is 0.165 e. The monoisotopic (exact) mass is 193 g/mol. The van der Waals surface area contributed by atoms with E-state index in [1.165, 1.54) is 32.1 Å². The second-order valence-electron chi connectivity index (χ2n) is 4.28. The van der Waals surface area contributed by atoms with Crippen LogP contribution in [0.1, 0.15) is 44.0 Å². The molecule has 2 fully saturated rings. The molecule has 0 bridgehead atoms. The van der Waals surface area contributed by atoms with Gasteiger partial charge >= 0.3 is 0 Å². The van der Waals surface area contributed by atoms with Crippen LogP contribution < -0.4 is 5.32 Å². The molecule has 76 valence electrons. The molecule has 2 aliphatic carbocycles. The van der Waals surface area contributed by atoms with E-state index in [4.69, 9.17) is 0 Å². The van der Waals surface area contributed by atoms with Gasteiger partial charge in [-0.3, -0.25) is 0 Å². The maximum absolute atomic E-state index is 4.06. The molecule has 14 heavy (non-hydrogen) atoms. The lowest BCUT2D eigenvalue weighted by Crippen LogP contribution is -2.24. The minimum Gasteiger partial charge on any atom is -0.307 e. The van der Waals surface area contributed by atoms with Gasteiger partial charge in [-0.1, -0.05) is 0 Å². The highest BCUT2D eigenvalue weighted by Crippen LogP contribution is 2.31. The molecule has 0 atom stereocenters. The molecule has 3 rings (SSSR count). The van der Waals surface area contributed by atoms with Crippen LogP contribution in [-0.2, 0) is 6.54 Å². The molecule has 0 aromatic carbocycles. The minimum atomic E-state index is 0.570. The lowest BCUT2D eigenvalue weighted by atomic mass is 9.93. The average Bonchev–Trinajstić information content (AvgIpc) is 2.82. The Morgan fingerprint density at radius 3 is 2.79 bits per heavy atom. The Kier molecular flexibility index (Phi) is 1.97. The van der Waals surface area contributed by atoms with Gasteiger partial charge in [-0.25, -0.2) is 4.68 Å². The van der Waals surface area contributed by atoms with E-state index in [2.05, 4.69) is 20.8 Å². The van der Waals surface area contributed by atoms with E-state index < -0.39 is 0 Å². The zero-order valence-electron chi connectivity index (χ0n) is 8.19. The van der Waals surface area contributed by atoms with Crippen LogP contribution in [0.2, 0.25) is 0 Å². The third-order valence-electron chi connectivity index (χ3n) is 3.11. The van der Waals surface area contributed by atoms with Gasteiger partial charge in [-0.15, -0.1) is 5.10 Å². The van der Waals surface area contributed by atoms with Crippen LogP contribution in [0.25, 0.3) is 0 Å². The first-order valence-corrected chi connectivity index (χ1v) is 5.43. The molecular weight excluding hydrogens is 178 g/mol. The van der Waals surface area contributed by atoms with E-state index in [9.17, 15) is 0 Å². The van der Waals surface area contributed by atoms with Gasteiger partial charge in [0.2, 0.25) is 0 Å². The van der Waals surface area contributed by atoms with Gasteiger partial charge in [0, 0.05) is 6.04 Å². The number of aromatic nitrogens is 4. The summed E-state index contributed by atoms with van der Waals surface area (Å²) in [6, 6.07) is 1.29. The Bertz CT molecular complexity index is 313. The van der Waals surface area contributed by atoms with E-state index in [0.717, 1.165) is 18.4 Å². The van der Waals surface area contributed by atoms with Crippen LogP contribution in [-0.4, -0.2) is 26.2 Å². The summed E-state index contributed by atoms with van der Waals surface area (Å²) < 4.78 is 2.00. The van der Waals surface area contributed by atoms with Crippen molar-refractivity contribution < 1.29 is 0 Å². The highest BCUT2D eigenvalue weighted by molar-refractivity contribution is 4.90. The van der Waals surface area contributed by atoms with Crippen molar-refractivity contribution in [1.29, 1.82) is 0 Å². The first-order valence-electron chi connectivity index (χ1n) is 5.43. The van der Waals surface area contributed by atoms with Crippen molar-refractivity contribution in [3.05, 3.63) is 5.82 Å². The molecule has 0 spiro atoms. The Balaban J connectivity index is 1.65. The number of nitrogens with zero attached hydrogens (tertiary/aromatic N) is 4. The fraction of sp³-hybridized carbons (Fsp3) is 0.889. The van der Waals surface area contributed by atoms with Crippen molar-refractivity contribution in [1.82, 2.24) is 25.5 Å². The van der Waals surface area contributed by atoms with E-state index in [-0.39, 0.29) is 0 Å². The molecule has 2 aliphatic rings. The fourth-order valence-electron chi connectivity index (χ4n) is 1.77. The second-order valence-corrected chi connectivity index (χ2v) is 4.28. The highest BCUT2D eigenvalue weighted by atomic mass is 15.6. The molecule has 0 unspecified atom stereocenters. The van der Waals surface area contributed by atoms with Crippen LogP contribution in [0.3, 0.4) is 0 Å². The van der Waals surface area contributed by atoms with Crippen molar-refractivity contribution in [3.63, 3.8) is 0 Å². The largest absolute Gasteiger partial charge is 0.307 e. The first-order chi connectivity index (χ1) is 6.93. The average molecular weight is 193 g/mol. The minimum absolute atomic E-state index is 0.570. The maximum Gasteiger partial charge on any atom is 0.165 e. The second kappa shape index (κ2) is 3.31. The van der Waals surface area contributed by atoms with Crippen LogP contribution >= 0.6 is 0 Å². The lowest BCUT2D eigenvalue weighted by Gasteiger charge is -2.25. The Morgan fingerprint density at radius 2 is 2.14 bits per heavy atom. The number of rotatable bonds is 4. The zero-order valence-corrected chi connectivity index (χ0v) is 8.19. The van der Waals surface area contributed by atoms with E-state index in [1.807, 2.05) is 4.68 Å². The Labute approximate surface area is 82.9 Å². The summed E-state index contributed by atoms with van der Waals surface area (Å²) in [6.45, 7) is 0.828. The van der Waals surface area contributed by atoms with Gasteiger partial charge < -0.3 is 5.32 Å². The predicted molar refractivity (Wildman–Crippen MR) is 50.6 cm³/mol. The first kappa shape index (κ1) is 8.35. The van der Waals surface area contributed by atoms with Gasteiger partial charge in [0.25, 0.3) is 0 Å². The Morgan fingerprint density at radius 1 is 1.29 bits per heavy atom. The summed E-state index contributed by atoms with van der Waals surface area (Å²) in [6.07, 6.45) is 6.42. The van der Waals surface area contributed by atoms with Crippen molar-refractivity contribution in [3.8, 4) is 0 Å². The highest BCUT2D eigenvalue weighted by Gasteiger charge is 2.25. The fourth-order valence-corrected chi connectivity index (χ4v) is 1.77. The molecule has 0 radical (unpaired) electrons. The summed E-state index contributed by atoms with van der Waals surface area (Å²) in [5.74, 6) is 1.00. The van der Waals surface area contributed by atoms with Crippen LogP contribution in [0, 0.1) is 0 Å². The predicted octanol–water partition coefficient (Wildman–Crippen LogP) is 0.650. The summed E-state index contributed by atoms with van der Waals surface area (Å²) in [4.78, 5) is 0. The SMILES string of the molecule is C1CC(n2nnnc2CNC2CC2)C1. The molecule has 1 aromatic rings. The van der Waals surface area contributed by atoms with Crippen molar-refractivity contribution in [2.75, 3.05) is 0 Å². The number of tetrazole rings is 1. The molecule has 1 heterocycles. The molecular formula is C9H15N5. The lowest BCUT2D eigenvalue weighted by molar-refractivity contribution is 0.275. The standard InChI is InChI=1S/C9H15N5/c1-2-8(3-1)14-9(11-12-13-14)6-10-7-4-5-7/h7-8,10H,1-6H2. The molecule has 0 amide bonds. The normalized spacial score (nSPS) is 22.3. The van der Waals surface area contributed by atoms with E-state index in [1.54, 1.807) is 0 Å². The summed E-state index contributed by atoms with van der Waals surface area (Å²) in [5.41, 5.74) is 0. The zero-order chi connectivity index (χ0) is 9.38. The number of hydrogen-bond donors (Lipinski definition) is 1. The van der Waals surface area contributed by atoms with Gasteiger partial charge in [-0.05, 0) is 42.5 Å². The summed E-state index contributed by atoms with van der Waals surface area (Å²) in [5, 5.41) is 15.3. The molecule has 1 N–H and O–H groups in total. The summed E-state index contributed by atoms with van der Waals surface area (Å²) in [7, 11) is 0. The third kappa shape index (κ3) is 1.52. The van der Waals surface area contributed by atoms with E-state index in [0.29, 0.717) is 6.04 Å². The van der Waals surface area contributed by atoms with Gasteiger partial charge in [0.15, 0.2) is 5.82 Å². The van der Waals surface area contributed by atoms with Gasteiger partial charge in [-0.2, -0.15) is 0 Å². The molecule has 5 heteroatoms. The summed E-state index contributed by atoms with van der Waals surface area (Å²) >= 11 is 0. The third-order valence-corrected chi connectivity index (χ3v) is 3.11. The van der Waals surface area contributed by atoms with Crippen molar-refractivity contribution >= 4 is 0 Å². The molecule has 2 saturated carbocycles. The Hall–Kier alpha value is -0.970. The van der Waals surface area contributed by atoms with Crippen molar-refractivity contribution in [2.24, 2.45) is 0 Å². The molecule has 0 aliphatic heterocycles. The van der Waals surface area contributed by atoms with Gasteiger partial charge in [0.1, 0.15) is 0 Å². The van der Waals surface area contributed by atoms with Crippen molar-refractivity contribution in [2.45, 2.75) is 50.7 Å². The maximum atomic E-state index is 4.06. The quantitative estimate of drug-likeness (QED) is 0.762. The molecule has 5 nitrogen and oxygen atoms in total. The van der Waals surface area contributed by atoms with Crippen LogP contribution in [0.4, 0.5) is 0 Å². The van der Waals surface area contributed by atoms with Crippen LogP contribution in [0.5, 0.6) is 0 Å². The molecule has 0 saturated heterocycles. The number of nitrogens with one attached hydrogen (secondary N) is 1. The van der Waals surface area contributed by atoms with Crippen LogP contribution in [0.15, 0.2) is 0 Å². The molecule has 1 aromatic heterocycles.